The third kappa shape index (κ3) is 4.83. The van der Waals surface area contributed by atoms with Crippen LogP contribution >= 0.6 is 11.8 Å². The summed E-state index contributed by atoms with van der Waals surface area (Å²) >= 11 is 1.78. The molecule has 0 unspecified atom stereocenters. The summed E-state index contributed by atoms with van der Waals surface area (Å²) in [5.74, 6) is 1.83. The first kappa shape index (κ1) is 15.4. The van der Waals surface area contributed by atoms with Crippen LogP contribution in [0.25, 0.3) is 0 Å². The van der Waals surface area contributed by atoms with Gasteiger partial charge in [0.2, 0.25) is 0 Å². The highest BCUT2D eigenvalue weighted by Gasteiger charge is 2.00. The molecule has 1 N–H and O–H groups in total. The molecule has 2 aromatic rings. The third-order valence-corrected chi connectivity index (χ3v) is 3.97. The summed E-state index contributed by atoms with van der Waals surface area (Å²) in [5.41, 5.74) is 1.94. The fourth-order valence-electron chi connectivity index (χ4n) is 1.78. The van der Waals surface area contributed by atoms with Crippen molar-refractivity contribution in [3.8, 4) is 11.5 Å². The Hall–Kier alpha value is -1.94. The lowest BCUT2D eigenvalue weighted by Gasteiger charge is -2.03. The van der Waals surface area contributed by atoms with E-state index in [0.717, 1.165) is 5.75 Å². The lowest BCUT2D eigenvalue weighted by molar-refractivity contribution is 0.412. The highest BCUT2D eigenvalue weighted by Crippen LogP contribution is 2.21. The van der Waals surface area contributed by atoms with Crippen LogP contribution in [-0.4, -0.2) is 30.7 Å². The van der Waals surface area contributed by atoms with Crippen LogP contribution in [0, 0.1) is 6.92 Å². The lowest BCUT2D eigenvalue weighted by atomic mass is 10.2. The second-order valence-corrected chi connectivity index (χ2v) is 5.79. The average Bonchev–Trinajstić information content (AvgIpc) is 2.50. The quantitative estimate of drug-likeness (QED) is 0.499. The minimum Gasteiger partial charge on any atom is -0.507 e. The van der Waals surface area contributed by atoms with E-state index in [1.54, 1.807) is 43.3 Å². The van der Waals surface area contributed by atoms with Gasteiger partial charge in [0.05, 0.1) is 7.11 Å². The fraction of sp³-hybridized carbons (Fsp3) is 0.235. The van der Waals surface area contributed by atoms with Crippen LogP contribution in [0.15, 0.2) is 52.4 Å². The molecule has 0 atom stereocenters. The monoisotopic (exact) mass is 301 g/mol. The SMILES string of the molecule is COc1ccc(O)c(C=NCCSc2ccc(C)cc2)c1. The highest BCUT2D eigenvalue weighted by atomic mass is 32.2. The Labute approximate surface area is 129 Å². The number of hydrogen-bond donors (Lipinski definition) is 1. The highest BCUT2D eigenvalue weighted by molar-refractivity contribution is 7.99. The van der Waals surface area contributed by atoms with Crippen molar-refractivity contribution < 1.29 is 9.84 Å². The van der Waals surface area contributed by atoms with Gasteiger partial charge in [-0.25, -0.2) is 0 Å². The molecule has 0 saturated heterocycles. The predicted octanol–water partition coefficient (Wildman–Crippen LogP) is 3.92. The molecule has 0 aliphatic rings. The summed E-state index contributed by atoms with van der Waals surface area (Å²) in [6, 6.07) is 13.6. The summed E-state index contributed by atoms with van der Waals surface area (Å²) in [5, 5.41) is 9.74. The molecule has 0 bridgehead atoms. The zero-order chi connectivity index (χ0) is 15.1. The van der Waals surface area contributed by atoms with E-state index in [4.69, 9.17) is 4.74 Å². The molecule has 0 aliphatic heterocycles. The van der Waals surface area contributed by atoms with Crippen molar-refractivity contribution in [2.45, 2.75) is 11.8 Å². The van der Waals surface area contributed by atoms with E-state index in [1.807, 2.05) is 0 Å². The van der Waals surface area contributed by atoms with Crippen molar-refractivity contribution in [3.63, 3.8) is 0 Å². The Morgan fingerprint density at radius 1 is 1.19 bits per heavy atom. The maximum atomic E-state index is 9.74. The molecule has 3 nitrogen and oxygen atoms in total. The van der Waals surface area contributed by atoms with Gasteiger partial charge in [-0.2, -0.15) is 0 Å². The van der Waals surface area contributed by atoms with Gasteiger partial charge in [-0.3, -0.25) is 4.99 Å². The standard InChI is InChI=1S/C17H19NO2S/c1-13-3-6-16(7-4-13)21-10-9-18-12-14-11-15(20-2)5-8-17(14)19/h3-8,11-12,19H,9-10H2,1-2H3. The molecule has 4 heteroatoms. The number of phenolic OH excluding ortho intramolecular Hbond substituents is 1. The van der Waals surface area contributed by atoms with Crippen LogP contribution in [0.4, 0.5) is 0 Å². The Balaban J connectivity index is 1.84. The number of ether oxygens (including phenoxy) is 1. The van der Waals surface area contributed by atoms with Gasteiger partial charge in [0.25, 0.3) is 0 Å². The van der Waals surface area contributed by atoms with E-state index >= 15 is 0 Å². The zero-order valence-electron chi connectivity index (χ0n) is 12.2. The number of benzene rings is 2. The molecular formula is C17H19NO2S. The molecule has 21 heavy (non-hydrogen) atoms. The van der Waals surface area contributed by atoms with Gasteiger partial charge in [0.1, 0.15) is 11.5 Å². The molecule has 2 aromatic carbocycles. The van der Waals surface area contributed by atoms with Crippen molar-refractivity contribution in [1.82, 2.24) is 0 Å². The summed E-state index contributed by atoms with van der Waals surface area (Å²) < 4.78 is 5.13. The van der Waals surface area contributed by atoms with E-state index in [9.17, 15) is 5.11 Å². The molecule has 0 amide bonds. The average molecular weight is 301 g/mol. The van der Waals surface area contributed by atoms with E-state index in [1.165, 1.54) is 10.5 Å². The smallest absolute Gasteiger partial charge is 0.124 e. The van der Waals surface area contributed by atoms with Crippen molar-refractivity contribution in [2.75, 3.05) is 19.4 Å². The lowest BCUT2D eigenvalue weighted by Crippen LogP contribution is -1.90. The van der Waals surface area contributed by atoms with Gasteiger partial charge in [-0.05, 0) is 37.3 Å². The molecule has 0 aliphatic carbocycles. The van der Waals surface area contributed by atoms with Gasteiger partial charge >= 0.3 is 0 Å². The number of aromatic hydroxyl groups is 1. The van der Waals surface area contributed by atoms with Gasteiger partial charge < -0.3 is 9.84 Å². The van der Waals surface area contributed by atoms with Crippen LogP contribution in [0.2, 0.25) is 0 Å². The fourth-order valence-corrected chi connectivity index (χ4v) is 2.54. The normalized spacial score (nSPS) is 11.0. The summed E-state index contributed by atoms with van der Waals surface area (Å²) in [6.07, 6.45) is 1.69. The van der Waals surface area contributed by atoms with Crippen molar-refractivity contribution in [1.29, 1.82) is 0 Å². The molecule has 110 valence electrons. The van der Waals surface area contributed by atoms with Crippen molar-refractivity contribution in [3.05, 3.63) is 53.6 Å². The summed E-state index contributed by atoms with van der Waals surface area (Å²) in [4.78, 5) is 5.60. The molecule has 0 heterocycles. The Morgan fingerprint density at radius 3 is 2.67 bits per heavy atom. The van der Waals surface area contributed by atoms with Gasteiger partial charge in [-0.15, -0.1) is 11.8 Å². The van der Waals surface area contributed by atoms with Gasteiger partial charge in [0, 0.05) is 29.0 Å². The first-order valence-corrected chi connectivity index (χ1v) is 7.74. The number of nitrogens with zero attached hydrogens (tertiary/aromatic N) is 1. The number of aliphatic imine (C=N–C) groups is 1. The van der Waals surface area contributed by atoms with E-state index < -0.39 is 0 Å². The topological polar surface area (TPSA) is 41.8 Å². The number of hydrogen-bond acceptors (Lipinski definition) is 4. The number of aryl methyl sites for hydroxylation is 1. The molecular weight excluding hydrogens is 282 g/mol. The number of thioether (sulfide) groups is 1. The van der Waals surface area contributed by atoms with E-state index in [0.29, 0.717) is 17.9 Å². The van der Waals surface area contributed by atoms with Gasteiger partial charge in [-0.1, -0.05) is 17.7 Å². The number of phenols is 1. The van der Waals surface area contributed by atoms with Crippen LogP contribution < -0.4 is 4.74 Å². The van der Waals surface area contributed by atoms with Crippen molar-refractivity contribution in [2.24, 2.45) is 4.99 Å². The first-order chi connectivity index (χ1) is 10.2. The van der Waals surface area contributed by atoms with Crippen LogP contribution in [0.3, 0.4) is 0 Å². The largest absolute Gasteiger partial charge is 0.507 e. The molecule has 0 saturated carbocycles. The molecule has 0 spiro atoms. The van der Waals surface area contributed by atoms with Crippen LogP contribution in [0.5, 0.6) is 11.5 Å². The third-order valence-electron chi connectivity index (χ3n) is 2.98. The molecule has 2 rings (SSSR count). The zero-order valence-corrected chi connectivity index (χ0v) is 13.1. The minimum absolute atomic E-state index is 0.214. The van der Waals surface area contributed by atoms with Crippen LogP contribution in [0.1, 0.15) is 11.1 Å². The Kier molecular flexibility index (Phi) is 5.69. The Bertz CT molecular complexity index is 609. The maximum Gasteiger partial charge on any atom is 0.124 e. The van der Waals surface area contributed by atoms with E-state index in [2.05, 4.69) is 36.2 Å². The predicted molar refractivity (Wildman–Crippen MR) is 89.0 cm³/mol. The second-order valence-electron chi connectivity index (χ2n) is 4.62. The summed E-state index contributed by atoms with van der Waals surface area (Å²) in [6.45, 7) is 2.79. The number of rotatable bonds is 6. The van der Waals surface area contributed by atoms with Crippen LogP contribution in [-0.2, 0) is 0 Å². The second kappa shape index (κ2) is 7.74. The summed E-state index contributed by atoms with van der Waals surface area (Å²) in [7, 11) is 1.60. The van der Waals surface area contributed by atoms with E-state index in [-0.39, 0.29) is 5.75 Å². The maximum absolute atomic E-state index is 9.74. The number of methoxy groups -OCH3 is 1. The molecule has 0 radical (unpaired) electrons. The molecule has 0 aromatic heterocycles. The molecule has 0 fully saturated rings. The minimum atomic E-state index is 0.214. The van der Waals surface area contributed by atoms with Gasteiger partial charge in [0.15, 0.2) is 0 Å². The Morgan fingerprint density at radius 2 is 1.95 bits per heavy atom. The first-order valence-electron chi connectivity index (χ1n) is 6.75. The van der Waals surface area contributed by atoms with Crippen molar-refractivity contribution >= 4 is 18.0 Å².